The van der Waals surface area contributed by atoms with E-state index in [9.17, 15) is 12.8 Å². The lowest BCUT2D eigenvalue weighted by molar-refractivity contribution is 0.581. The number of benzene rings is 1. The zero-order valence-corrected chi connectivity index (χ0v) is 15.7. The second kappa shape index (κ2) is 9.20. The fourth-order valence-electron chi connectivity index (χ4n) is 2.34. The van der Waals surface area contributed by atoms with Gasteiger partial charge in [0.05, 0.1) is 5.75 Å². The minimum absolute atomic E-state index is 0.177. The predicted molar refractivity (Wildman–Crippen MR) is 105 cm³/mol. The number of halogens is 1. The highest BCUT2D eigenvalue weighted by Crippen LogP contribution is 2.13. The van der Waals surface area contributed by atoms with E-state index in [1.165, 1.54) is 30.6 Å². The number of nitrogens with one attached hydrogen (secondary N) is 3. The Hall–Kier alpha value is -3.11. The van der Waals surface area contributed by atoms with Gasteiger partial charge in [-0.1, -0.05) is 18.2 Å². The van der Waals surface area contributed by atoms with Crippen LogP contribution in [0.3, 0.4) is 0 Å². The van der Waals surface area contributed by atoms with Gasteiger partial charge in [-0.2, -0.15) is 0 Å². The first-order chi connectivity index (χ1) is 13.5. The summed E-state index contributed by atoms with van der Waals surface area (Å²) in [6.07, 6.45) is 3.06. The molecule has 0 aliphatic heterocycles. The zero-order valence-electron chi connectivity index (χ0n) is 14.8. The summed E-state index contributed by atoms with van der Waals surface area (Å²) in [6.45, 7) is 0.513. The Morgan fingerprint density at radius 2 is 1.68 bits per heavy atom. The number of hydrogen-bond acceptors (Lipinski definition) is 7. The van der Waals surface area contributed by atoms with Crippen LogP contribution in [0.4, 0.5) is 21.8 Å². The van der Waals surface area contributed by atoms with Crippen molar-refractivity contribution in [2.45, 2.75) is 5.75 Å². The standard InChI is InChI=1S/C18H19FN6O2S/c19-15-6-4-14(5-7-15)12-28(26,27)24-10-9-21-17-11-18(23-13-22-17)25-16-3-1-2-8-20-16/h1-8,11,13,24H,9-10,12H2,(H2,20,21,22,23,25). The Balaban J connectivity index is 1.47. The van der Waals surface area contributed by atoms with Crippen LogP contribution in [0.1, 0.15) is 5.56 Å². The monoisotopic (exact) mass is 402 g/mol. The summed E-state index contributed by atoms with van der Waals surface area (Å²) < 4.78 is 39.5. The second-order valence-electron chi connectivity index (χ2n) is 5.84. The number of sulfonamides is 1. The third-order valence-electron chi connectivity index (χ3n) is 3.61. The summed E-state index contributed by atoms with van der Waals surface area (Å²) in [7, 11) is -3.52. The van der Waals surface area contributed by atoms with Crippen molar-refractivity contribution in [3.63, 3.8) is 0 Å². The molecule has 8 nitrogen and oxygen atoms in total. The van der Waals surface area contributed by atoms with Crippen molar-refractivity contribution >= 4 is 27.5 Å². The van der Waals surface area contributed by atoms with E-state index in [-0.39, 0.29) is 12.3 Å². The van der Waals surface area contributed by atoms with E-state index in [1.807, 2.05) is 18.2 Å². The molecule has 10 heteroatoms. The van der Waals surface area contributed by atoms with Crippen molar-refractivity contribution < 1.29 is 12.8 Å². The molecule has 0 radical (unpaired) electrons. The van der Waals surface area contributed by atoms with E-state index in [0.717, 1.165) is 0 Å². The number of hydrogen-bond donors (Lipinski definition) is 3. The molecule has 2 aromatic heterocycles. The molecule has 0 saturated heterocycles. The summed E-state index contributed by atoms with van der Waals surface area (Å²) in [6, 6.07) is 12.5. The molecule has 3 aromatic rings. The van der Waals surface area contributed by atoms with Crippen LogP contribution in [-0.2, 0) is 15.8 Å². The Labute approximate surface area is 162 Å². The third-order valence-corrected chi connectivity index (χ3v) is 4.97. The fourth-order valence-corrected chi connectivity index (χ4v) is 3.48. The van der Waals surface area contributed by atoms with E-state index >= 15 is 0 Å². The highest BCUT2D eigenvalue weighted by Gasteiger charge is 2.11. The van der Waals surface area contributed by atoms with Gasteiger partial charge in [-0.05, 0) is 29.8 Å². The van der Waals surface area contributed by atoms with Crippen LogP contribution < -0.4 is 15.4 Å². The van der Waals surface area contributed by atoms with Crippen molar-refractivity contribution in [1.29, 1.82) is 0 Å². The van der Waals surface area contributed by atoms with E-state index in [4.69, 9.17) is 0 Å². The first-order valence-electron chi connectivity index (χ1n) is 8.46. The van der Waals surface area contributed by atoms with Gasteiger partial charge in [-0.3, -0.25) is 0 Å². The molecule has 0 atom stereocenters. The van der Waals surface area contributed by atoms with Crippen LogP contribution in [0.15, 0.2) is 61.1 Å². The predicted octanol–water partition coefficient (Wildman–Crippen LogP) is 2.29. The number of aromatic nitrogens is 3. The summed E-state index contributed by atoms with van der Waals surface area (Å²) >= 11 is 0. The molecule has 0 aliphatic rings. The Morgan fingerprint density at radius 3 is 2.43 bits per heavy atom. The van der Waals surface area contributed by atoms with Crippen molar-refractivity contribution in [2.24, 2.45) is 0 Å². The minimum atomic E-state index is -3.52. The largest absolute Gasteiger partial charge is 0.369 e. The molecule has 0 unspecified atom stereocenters. The van der Waals surface area contributed by atoms with Crippen molar-refractivity contribution in [2.75, 3.05) is 23.7 Å². The van der Waals surface area contributed by atoms with E-state index < -0.39 is 15.8 Å². The quantitative estimate of drug-likeness (QED) is 0.471. The molecule has 0 bridgehead atoms. The van der Waals surface area contributed by atoms with Crippen LogP contribution in [0.5, 0.6) is 0 Å². The first kappa shape index (κ1) is 19.6. The van der Waals surface area contributed by atoms with Crippen molar-refractivity contribution in [1.82, 2.24) is 19.7 Å². The summed E-state index contributed by atoms with van der Waals surface area (Å²) in [4.78, 5) is 12.4. The molecule has 28 heavy (non-hydrogen) atoms. The topological polar surface area (TPSA) is 109 Å². The number of rotatable bonds is 9. The van der Waals surface area contributed by atoms with Crippen LogP contribution in [0.25, 0.3) is 0 Å². The second-order valence-corrected chi connectivity index (χ2v) is 7.64. The van der Waals surface area contributed by atoms with Crippen LogP contribution in [0, 0.1) is 5.82 Å². The lowest BCUT2D eigenvalue weighted by Gasteiger charge is -2.09. The summed E-state index contributed by atoms with van der Waals surface area (Å²) in [5.41, 5.74) is 0.517. The first-order valence-corrected chi connectivity index (χ1v) is 10.1. The molecule has 0 amide bonds. The maximum absolute atomic E-state index is 12.9. The van der Waals surface area contributed by atoms with Gasteiger partial charge in [0.15, 0.2) is 0 Å². The maximum Gasteiger partial charge on any atom is 0.215 e. The Morgan fingerprint density at radius 1 is 0.893 bits per heavy atom. The van der Waals surface area contributed by atoms with E-state index in [0.29, 0.717) is 29.6 Å². The number of nitrogens with zero attached hydrogens (tertiary/aromatic N) is 3. The highest BCUT2D eigenvalue weighted by atomic mass is 32.2. The van der Waals surface area contributed by atoms with Gasteiger partial charge in [0.25, 0.3) is 0 Å². The van der Waals surface area contributed by atoms with Crippen LogP contribution in [-0.4, -0.2) is 36.5 Å². The molecule has 0 saturated carbocycles. The number of pyridine rings is 1. The van der Waals surface area contributed by atoms with Crippen molar-refractivity contribution in [3.05, 3.63) is 72.4 Å². The molecule has 1 aromatic carbocycles. The normalized spacial score (nSPS) is 11.2. The van der Waals surface area contributed by atoms with Gasteiger partial charge < -0.3 is 10.6 Å². The molecule has 146 valence electrons. The molecule has 2 heterocycles. The average molecular weight is 402 g/mol. The van der Waals surface area contributed by atoms with Gasteiger partial charge in [-0.15, -0.1) is 0 Å². The number of anilines is 3. The fraction of sp³-hybridized carbons (Fsp3) is 0.167. The molecule has 0 aliphatic carbocycles. The smallest absolute Gasteiger partial charge is 0.215 e. The highest BCUT2D eigenvalue weighted by molar-refractivity contribution is 7.88. The zero-order chi connectivity index (χ0) is 19.8. The van der Waals surface area contributed by atoms with E-state index in [2.05, 4.69) is 30.3 Å². The molecule has 0 spiro atoms. The van der Waals surface area contributed by atoms with Crippen LogP contribution >= 0.6 is 0 Å². The average Bonchev–Trinajstić information content (AvgIpc) is 2.68. The molecular formula is C18H19FN6O2S. The maximum atomic E-state index is 12.9. The molecule has 0 fully saturated rings. The lowest BCUT2D eigenvalue weighted by atomic mass is 10.2. The Bertz CT molecular complexity index is 1000. The van der Waals surface area contributed by atoms with Gasteiger partial charge >= 0.3 is 0 Å². The van der Waals surface area contributed by atoms with Gasteiger partial charge in [0.2, 0.25) is 10.0 Å². The Kier molecular flexibility index (Phi) is 6.45. The van der Waals surface area contributed by atoms with Crippen LogP contribution in [0.2, 0.25) is 0 Å². The minimum Gasteiger partial charge on any atom is -0.369 e. The van der Waals surface area contributed by atoms with Gasteiger partial charge in [0, 0.05) is 25.4 Å². The van der Waals surface area contributed by atoms with E-state index in [1.54, 1.807) is 12.3 Å². The van der Waals surface area contributed by atoms with Gasteiger partial charge in [-0.25, -0.2) is 32.5 Å². The molecular weight excluding hydrogens is 383 g/mol. The summed E-state index contributed by atoms with van der Waals surface area (Å²) in [5.74, 6) is 1.15. The van der Waals surface area contributed by atoms with Gasteiger partial charge in [0.1, 0.15) is 29.6 Å². The molecule has 3 rings (SSSR count). The molecule has 3 N–H and O–H groups in total. The van der Waals surface area contributed by atoms with Crippen molar-refractivity contribution in [3.8, 4) is 0 Å². The SMILES string of the molecule is O=S(=O)(Cc1ccc(F)cc1)NCCNc1cc(Nc2ccccn2)ncn1. The summed E-state index contributed by atoms with van der Waals surface area (Å²) in [5, 5.41) is 6.08. The lowest BCUT2D eigenvalue weighted by Crippen LogP contribution is -2.30. The third kappa shape index (κ3) is 6.25.